The average Bonchev–Trinajstić information content (AvgIpc) is 2.66. The van der Waals surface area contributed by atoms with Crippen LogP contribution in [0.15, 0.2) is 95.5 Å². The quantitative estimate of drug-likeness (QED) is 0.207. The SMILES string of the molecule is Brc1ccc(-c2cccc3c2ccc2cc4ccccc4cc23)cc1. The van der Waals surface area contributed by atoms with Crippen molar-refractivity contribution in [1.82, 2.24) is 0 Å². The summed E-state index contributed by atoms with van der Waals surface area (Å²) in [7, 11) is 0. The van der Waals surface area contributed by atoms with Gasteiger partial charge in [-0.1, -0.05) is 82.7 Å². The number of fused-ring (bicyclic) bond motifs is 4. The van der Waals surface area contributed by atoms with Gasteiger partial charge in [-0.3, -0.25) is 0 Å². The van der Waals surface area contributed by atoms with Gasteiger partial charge in [0.25, 0.3) is 0 Å². The van der Waals surface area contributed by atoms with E-state index in [9.17, 15) is 0 Å². The molecule has 5 aromatic rings. The van der Waals surface area contributed by atoms with Gasteiger partial charge in [0.15, 0.2) is 0 Å². The Hall–Kier alpha value is -2.64. The van der Waals surface area contributed by atoms with Crippen LogP contribution in [0.1, 0.15) is 0 Å². The minimum Gasteiger partial charge on any atom is -0.0616 e. The zero-order chi connectivity index (χ0) is 16.8. The summed E-state index contributed by atoms with van der Waals surface area (Å²) in [6.07, 6.45) is 0. The van der Waals surface area contributed by atoms with Crippen LogP contribution in [0, 0.1) is 0 Å². The normalized spacial score (nSPS) is 11.4. The number of benzene rings is 5. The topological polar surface area (TPSA) is 0 Å². The summed E-state index contributed by atoms with van der Waals surface area (Å²) in [5, 5.41) is 7.79. The average molecular weight is 383 g/mol. The van der Waals surface area contributed by atoms with Crippen molar-refractivity contribution >= 4 is 48.2 Å². The standard InChI is InChI=1S/C24H15Br/c25-20-11-8-16(9-12-20)21-6-3-7-22-23(21)13-10-19-14-17-4-1-2-5-18(17)15-24(19)22/h1-15H. The maximum Gasteiger partial charge on any atom is 0.0175 e. The Morgan fingerprint density at radius 3 is 2.04 bits per heavy atom. The Morgan fingerprint density at radius 2 is 1.24 bits per heavy atom. The molecule has 0 unspecified atom stereocenters. The van der Waals surface area contributed by atoms with Crippen LogP contribution in [0.4, 0.5) is 0 Å². The number of hydrogen-bond acceptors (Lipinski definition) is 0. The Balaban J connectivity index is 1.86. The van der Waals surface area contributed by atoms with Crippen LogP contribution in [0.3, 0.4) is 0 Å². The molecule has 0 saturated carbocycles. The van der Waals surface area contributed by atoms with Gasteiger partial charge >= 0.3 is 0 Å². The van der Waals surface area contributed by atoms with E-state index in [2.05, 4.69) is 107 Å². The van der Waals surface area contributed by atoms with Gasteiger partial charge in [-0.2, -0.15) is 0 Å². The lowest BCUT2D eigenvalue weighted by atomic mass is 9.93. The van der Waals surface area contributed by atoms with Gasteiger partial charge in [0.2, 0.25) is 0 Å². The van der Waals surface area contributed by atoms with Crippen molar-refractivity contribution in [2.75, 3.05) is 0 Å². The molecule has 0 amide bonds. The number of rotatable bonds is 1. The third kappa shape index (κ3) is 2.43. The lowest BCUT2D eigenvalue weighted by Gasteiger charge is -2.11. The summed E-state index contributed by atoms with van der Waals surface area (Å²) >= 11 is 3.52. The van der Waals surface area contributed by atoms with E-state index >= 15 is 0 Å². The number of halogens is 1. The minimum absolute atomic E-state index is 1.11. The largest absolute Gasteiger partial charge is 0.0616 e. The minimum atomic E-state index is 1.11. The molecule has 0 spiro atoms. The molecule has 0 N–H and O–H groups in total. The molecule has 0 fully saturated rings. The second-order valence-electron chi connectivity index (χ2n) is 6.39. The highest BCUT2D eigenvalue weighted by Gasteiger charge is 2.07. The first-order chi connectivity index (χ1) is 12.3. The highest BCUT2D eigenvalue weighted by atomic mass is 79.9. The molecule has 0 heterocycles. The van der Waals surface area contributed by atoms with Gasteiger partial charge in [-0.05, 0) is 67.7 Å². The van der Waals surface area contributed by atoms with E-state index in [1.54, 1.807) is 0 Å². The van der Waals surface area contributed by atoms with Crippen molar-refractivity contribution in [1.29, 1.82) is 0 Å². The molecule has 25 heavy (non-hydrogen) atoms. The molecule has 0 atom stereocenters. The van der Waals surface area contributed by atoms with Crippen molar-refractivity contribution in [3.05, 3.63) is 95.5 Å². The van der Waals surface area contributed by atoms with E-state index < -0.39 is 0 Å². The maximum absolute atomic E-state index is 3.52. The molecule has 0 radical (unpaired) electrons. The zero-order valence-corrected chi connectivity index (χ0v) is 15.1. The summed E-state index contributed by atoms with van der Waals surface area (Å²) in [4.78, 5) is 0. The molecular formula is C24H15Br. The van der Waals surface area contributed by atoms with Crippen molar-refractivity contribution in [3.8, 4) is 11.1 Å². The first kappa shape index (κ1) is 14.7. The van der Waals surface area contributed by atoms with Crippen molar-refractivity contribution in [3.63, 3.8) is 0 Å². The van der Waals surface area contributed by atoms with E-state index in [0.717, 1.165) is 4.47 Å². The Kier molecular flexibility index (Phi) is 3.36. The summed E-state index contributed by atoms with van der Waals surface area (Å²) in [5.41, 5.74) is 2.52. The van der Waals surface area contributed by atoms with E-state index in [4.69, 9.17) is 0 Å². The Morgan fingerprint density at radius 1 is 0.480 bits per heavy atom. The second-order valence-corrected chi connectivity index (χ2v) is 7.31. The van der Waals surface area contributed by atoms with Crippen LogP contribution in [0.25, 0.3) is 43.4 Å². The lowest BCUT2D eigenvalue weighted by molar-refractivity contribution is 1.62. The molecule has 0 aliphatic carbocycles. The van der Waals surface area contributed by atoms with Gasteiger partial charge in [0, 0.05) is 4.47 Å². The molecular weight excluding hydrogens is 368 g/mol. The molecule has 5 aromatic carbocycles. The van der Waals surface area contributed by atoms with Crippen molar-refractivity contribution in [2.45, 2.75) is 0 Å². The third-order valence-electron chi connectivity index (χ3n) is 4.90. The second kappa shape index (κ2) is 5.72. The van der Waals surface area contributed by atoms with Crippen LogP contribution in [0.2, 0.25) is 0 Å². The smallest absolute Gasteiger partial charge is 0.0175 e. The van der Waals surface area contributed by atoms with Gasteiger partial charge < -0.3 is 0 Å². The van der Waals surface area contributed by atoms with Crippen LogP contribution < -0.4 is 0 Å². The van der Waals surface area contributed by atoms with Crippen molar-refractivity contribution < 1.29 is 0 Å². The van der Waals surface area contributed by atoms with Crippen LogP contribution in [0.5, 0.6) is 0 Å². The van der Waals surface area contributed by atoms with Crippen molar-refractivity contribution in [2.24, 2.45) is 0 Å². The fraction of sp³-hybridized carbons (Fsp3) is 0. The predicted octanol–water partition coefficient (Wildman–Crippen LogP) is 7.58. The molecule has 118 valence electrons. The zero-order valence-electron chi connectivity index (χ0n) is 13.5. The molecule has 0 aromatic heterocycles. The van der Waals surface area contributed by atoms with E-state index in [0.29, 0.717) is 0 Å². The van der Waals surface area contributed by atoms with Gasteiger partial charge in [0.1, 0.15) is 0 Å². The fourth-order valence-electron chi connectivity index (χ4n) is 3.66. The Bertz CT molecular complexity index is 1230. The van der Waals surface area contributed by atoms with Crippen LogP contribution in [-0.4, -0.2) is 0 Å². The van der Waals surface area contributed by atoms with Gasteiger partial charge in [-0.25, -0.2) is 0 Å². The van der Waals surface area contributed by atoms with E-state index in [1.165, 1.54) is 43.4 Å². The monoisotopic (exact) mass is 382 g/mol. The fourth-order valence-corrected chi connectivity index (χ4v) is 3.93. The first-order valence-corrected chi connectivity index (χ1v) is 9.19. The summed E-state index contributed by atoms with van der Waals surface area (Å²) in [6, 6.07) is 32.8. The lowest BCUT2D eigenvalue weighted by Crippen LogP contribution is -1.84. The maximum atomic E-state index is 3.52. The van der Waals surface area contributed by atoms with Gasteiger partial charge in [-0.15, -0.1) is 0 Å². The molecule has 1 heteroatoms. The molecule has 0 aliphatic heterocycles. The molecule has 0 bridgehead atoms. The summed E-state index contributed by atoms with van der Waals surface area (Å²) < 4.78 is 1.11. The molecule has 5 rings (SSSR count). The first-order valence-electron chi connectivity index (χ1n) is 8.40. The number of hydrogen-bond donors (Lipinski definition) is 0. The van der Waals surface area contributed by atoms with E-state index in [-0.39, 0.29) is 0 Å². The summed E-state index contributed by atoms with van der Waals surface area (Å²) in [6.45, 7) is 0. The van der Waals surface area contributed by atoms with Gasteiger partial charge in [0.05, 0.1) is 0 Å². The van der Waals surface area contributed by atoms with Crippen LogP contribution in [-0.2, 0) is 0 Å². The molecule has 0 saturated heterocycles. The molecule has 0 aliphatic rings. The van der Waals surface area contributed by atoms with Crippen LogP contribution >= 0.6 is 15.9 Å². The molecule has 0 nitrogen and oxygen atoms in total. The Labute approximate surface area is 154 Å². The highest BCUT2D eigenvalue weighted by Crippen LogP contribution is 2.35. The predicted molar refractivity (Wildman–Crippen MR) is 112 cm³/mol. The summed E-state index contributed by atoms with van der Waals surface area (Å²) in [5.74, 6) is 0. The van der Waals surface area contributed by atoms with E-state index in [1.807, 2.05) is 0 Å². The third-order valence-corrected chi connectivity index (χ3v) is 5.43. The highest BCUT2D eigenvalue weighted by molar-refractivity contribution is 9.10.